The highest BCUT2D eigenvalue weighted by molar-refractivity contribution is 5.91. The van der Waals surface area contributed by atoms with Crippen molar-refractivity contribution in [2.45, 2.75) is 26.2 Å². The number of nitrogens with zero attached hydrogens (tertiary/aromatic N) is 1. The van der Waals surface area contributed by atoms with Crippen LogP contribution in [0.15, 0.2) is 18.2 Å². The van der Waals surface area contributed by atoms with Gasteiger partial charge in [-0.3, -0.25) is 0 Å². The quantitative estimate of drug-likeness (QED) is 0.876. The fourth-order valence-corrected chi connectivity index (χ4v) is 2.31. The monoisotopic (exact) mass is 294 g/mol. The molecule has 5 nitrogen and oxygen atoms in total. The second-order valence-electron chi connectivity index (χ2n) is 5.27. The second kappa shape index (κ2) is 6.56. The Hall–Kier alpha value is -2.11. The molecule has 1 aliphatic rings. The minimum atomic E-state index is -1.33. The van der Waals surface area contributed by atoms with E-state index in [2.05, 4.69) is 5.32 Å². The molecule has 0 heterocycles. The van der Waals surface area contributed by atoms with Gasteiger partial charge in [-0.15, -0.1) is 0 Å². The summed E-state index contributed by atoms with van der Waals surface area (Å²) in [4.78, 5) is 24.5. The molecular formula is C15H19FN2O3. The smallest absolute Gasteiger partial charge is 0.338 e. The molecule has 0 bridgehead atoms. The van der Waals surface area contributed by atoms with Crippen LogP contribution >= 0.6 is 0 Å². The normalized spacial score (nSPS) is 14.4. The van der Waals surface area contributed by atoms with Crippen molar-refractivity contribution in [2.24, 2.45) is 5.92 Å². The molecule has 0 spiro atoms. The maximum atomic E-state index is 13.6. The van der Waals surface area contributed by atoms with Gasteiger partial charge >= 0.3 is 12.0 Å². The van der Waals surface area contributed by atoms with Crippen LogP contribution in [0.3, 0.4) is 0 Å². The van der Waals surface area contributed by atoms with E-state index in [1.807, 2.05) is 6.92 Å². The van der Waals surface area contributed by atoms with Crippen LogP contribution in [-0.2, 0) is 0 Å². The van der Waals surface area contributed by atoms with Crippen molar-refractivity contribution < 1.29 is 19.1 Å². The summed E-state index contributed by atoms with van der Waals surface area (Å²) in [6.07, 6.45) is 3.50. The number of benzene rings is 1. The number of urea groups is 1. The zero-order valence-corrected chi connectivity index (χ0v) is 11.9. The summed E-state index contributed by atoms with van der Waals surface area (Å²) in [7, 11) is 0. The topological polar surface area (TPSA) is 69.6 Å². The molecule has 21 heavy (non-hydrogen) atoms. The molecule has 0 unspecified atom stereocenters. The average molecular weight is 294 g/mol. The number of nitrogens with one attached hydrogen (secondary N) is 1. The van der Waals surface area contributed by atoms with Gasteiger partial charge in [-0.25, -0.2) is 14.0 Å². The molecule has 6 heteroatoms. The lowest BCUT2D eigenvalue weighted by atomic mass is 9.85. The predicted octanol–water partition coefficient (Wildman–Crippen LogP) is 3.18. The Labute approximate surface area is 122 Å². The summed E-state index contributed by atoms with van der Waals surface area (Å²) < 4.78 is 13.6. The molecule has 0 aliphatic heterocycles. The molecule has 0 atom stereocenters. The van der Waals surface area contributed by atoms with Crippen molar-refractivity contribution in [2.75, 3.05) is 18.4 Å². The third-order valence-electron chi connectivity index (χ3n) is 3.82. The molecule has 0 saturated heterocycles. The molecule has 2 amide bonds. The third-order valence-corrected chi connectivity index (χ3v) is 3.82. The van der Waals surface area contributed by atoms with Crippen LogP contribution in [0, 0.1) is 11.7 Å². The van der Waals surface area contributed by atoms with Crippen LogP contribution in [0.4, 0.5) is 14.9 Å². The third kappa shape index (κ3) is 3.71. The summed E-state index contributed by atoms with van der Waals surface area (Å²) in [6.45, 7) is 3.18. The minimum Gasteiger partial charge on any atom is -0.478 e. The van der Waals surface area contributed by atoms with Crippen molar-refractivity contribution >= 4 is 17.7 Å². The zero-order valence-electron chi connectivity index (χ0n) is 11.9. The van der Waals surface area contributed by atoms with Crippen molar-refractivity contribution in [3.8, 4) is 0 Å². The van der Waals surface area contributed by atoms with Gasteiger partial charge in [-0.05, 0) is 43.9 Å². The number of anilines is 1. The summed E-state index contributed by atoms with van der Waals surface area (Å²) >= 11 is 0. The van der Waals surface area contributed by atoms with Gasteiger partial charge in [-0.2, -0.15) is 0 Å². The summed E-state index contributed by atoms with van der Waals surface area (Å²) in [5, 5.41) is 11.4. The first kappa shape index (κ1) is 15.3. The number of hydrogen-bond donors (Lipinski definition) is 2. The number of carbonyl (C=O) groups excluding carboxylic acids is 1. The molecule has 1 aliphatic carbocycles. The number of carbonyl (C=O) groups is 2. The van der Waals surface area contributed by atoms with E-state index in [4.69, 9.17) is 5.11 Å². The van der Waals surface area contributed by atoms with Crippen LogP contribution in [0.25, 0.3) is 0 Å². The second-order valence-corrected chi connectivity index (χ2v) is 5.27. The number of rotatable bonds is 5. The molecular weight excluding hydrogens is 275 g/mol. The lowest BCUT2D eigenvalue weighted by Crippen LogP contribution is -2.39. The number of hydrogen-bond acceptors (Lipinski definition) is 2. The summed E-state index contributed by atoms with van der Waals surface area (Å²) in [6, 6.07) is 3.28. The van der Waals surface area contributed by atoms with Crippen LogP contribution in [0.5, 0.6) is 0 Å². The summed E-state index contributed by atoms with van der Waals surface area (Å²) in [5.41, 5.74) is -0.149. The Kier molecular flexibility index (Phi) is 4.77. The van der Waals surface area contributed by atoms with Crippen molar-refractivity contribution in [1.82, 2.24) is 4.90 Å². The zero-order chi connectivity index (χ0) is 15.4. The van der Waals surface area contributed by atoms with Gasteiger partial charge in [0, 0.05) is 18.8 Å². The van der Waals surface area contributed by atoms with Gasteiger partial charge in [0.15, 0.2) is 0 Å². The van der Waals surface area contributed by atoms with E-state index >= 15 is 0 Å². The first-order valence-corrected chi connectivity index (χ1v) is 7.10. The lowest BCUT2D eigenvalue weighted by Gasteiger charge is -2.31. The molecule has 1 aromatic carbocycles. The fraction of sp³-hybridized carbons (Fsp3) is 0.467. The fourth-order valence-electron chi connectivity index (χ4n) is 2.31. The molecule has 1 saturated carbocycles. The Bertz CT molecular complexity index is 544. The van der Waals surface area contributed by atoms with Gasteiger partial charge in [0.25, 0.3) is 0 Å². The Morgan fingerprint density at radius 3 is 2.62 bits per heavy atom. The van der Waals surface area contributed by atoms with Crippen LogP contribution in [0.1, 0.15) is 36.5 Å². The van der Waals surface area contributed by atoms with E-state index in [0.717, 1.165) is 25.0 Å². The van der Waals surface area contributed by atoms with Crippen LogP contribution < -0.4 is 5.32 Å². The molecule has 0 radical (unpaired) electrons. The molecule has 114 valence electrons. The standard InChI is InChI=1S/C15H19FN2O3/c1-2-18(9-10-4-3-5-10)15(21)17-11-6-7-12(14(19)20)13(16)8-11/h6-8,10H,2-5,9H2,1H3,(H,17,21)(H,19,20). The highest BCUT2D eigenvalue weighted by atomic mass is 19.1. The number of carboxylic acid groups (broad SMARTS) is 1. The Morgan fingerprint density at radius 2 is 2.14 bits per heavy atom. The van der Waals surface area contributed by atoms with Crippen molar-refractivity contribution in [3.63, 3.8) is 0 Å². The molecule has 0 aromatic heterocycles. The van der Waals surface area contributed by atoms with Crippen LogP contribution in [0.2, 0.25) is 0 Å². The van der Waals surface area contributed by atoms with E-state index in [-0.39, 0.29) is 11.7 Å². The van der Waals surface area contributed by atoms with Crippen LogP contribution in [-0.4, -0.2) is 35.1 Å². The van der Waals surface area contributed by atoms with Gasteiger partial charge in [-0.1, -0.05) is 6.42 Å². The Morgan fingerprint density at radius 1 is 1.43 bits per heavy atom. The first-order valence-electron chi connectivity index (χ1n) is 7.10. The lowest BCUT2D eigenvalue weighted by molar-refractivity contribution is 0.0692. The Balaban J connectivity index is 2.00. The molecule has 2 N–H and O–H groups in total. The van der Waals surface area contributed by atoms with Gasteiger partial charge in [0.1, 0.15) is 5.82 Å². The minimum absolute atomic E-state index is 0.259. The maximum Gasteiger partial charge on any atom is 0.338 e. The SMILES string of the molecule is CCN(CC1CCC1)C(=O)Nc1ccc(C(=O)O)c(F)c1. The molecule has 1 aromatic rings. The van der Waals surface area contributed by atoms with E-state index in [0.29, 0.717) is 19.0 Å². The number of carboxylic acids is 1. The largest absolute Gasteiger partial charge is 0.478 e. The average Bonchev–Trinajstić information content (AvgIpc) is 2.37. The first-order chi connectivity index (χ1) is 10.0. The van der Waals surface area contributed by atoms with E-state index in [1.54, 1.807) is 4.90 Å². The molecule has 1 fully saturated rings. The van der Waals surface area contributed by atoms with E-state index in [1.165, 1.54) is 12.5 Å². The van der Waals surface area contributed by atoms with Crippen molar-refractivity contribution in [3.05, 3.63) is 29.6 Å². The van der Waals surface area contributed by atoms with Crippen molar-refractivity contribution in [1.29, 1.82) is 0 Å². The number of aromatic carboxylic acids is 1. The van der Waals surface area contributed by atoms with Gasteiger partial charge < -0.3 is 15.3 Å². The highest BCUT2D eigenvalue weighted by Crippen LogP contribution is 2.27. The van der Waals surface area contributed by atoms with E-state index in [9.17, 15) is 14.0 Å². The number of halogens is 1. The van der Waals surface area contributed by atoms with E-state index < -0.39 is 17.3 Å². The predicted molar refractivity (Wildman–Crippen MR) is 77.0 cm³/mol. The van der Waals surface area contributed by atoms with Gasteiger partial charge in [0.05, 0.1) is 5.56 Å². The van der Waals surface area contributed by atoms with Gasteiger partial charge in [0.2, 0.25) is 0 Å². The summed E-state index contributed by atoms with van der Waals surface area (Å²) in [5.74, 6) is -1.63. The maximum absolute atomic E-state index is 13.6. The highest BCUT2D eigenvalue weighted by Gasteiger charge is 2.23. The number of amides is 2. The molecule has 2 rings (SSSR count).